The van der Waals surface area contributed by atoms with Gasteiger partial charge < -0.3 is 0 Å². The largest absolute Gasteiger partial charge is 0.297 e. The molecule has 0 aliphatic carbocycles. The molecule has 0 unspecified atom stereocenters. The number of halogens is 2. The third-order valence-electron chi connectivity index (χ3n) is 3.47. The number of carbonyl (C=O) groups excluding carboxylic acids is 1. The van der Waals surface area contributed by atoms with E-state index in [1.807, 2.05) is 0 Å². The molecule has 23 heavy (non-hydrogen) atoms. The van der Waals surface area contributed by atoms with E-state index >= 15 is 0 Å². The molecule has 118 valence electrons. The van der Waals surface area contributed by atoms with Crippen molar-refractivity contribution in [1.29, 1.82) is 0 Å². The van der Waals surface area contributed by atoms with Crippen molar-refractivity contribution in [2.45, 2.75) is 26.6 Å². The second-order valence-corrected chi connectivity index (χ2v) is 5.10. The van der Waals surface area contributed by atoms with Crippen molar-refractivity contribution in [3.8, 4) is 0 Å². The lowest BCUT2D eigenvalue weighted by Crippen LogP contribution is -2.07. The van der Waals surface area contributed by atoms with E-state index in [1.54, 1.807) is 0 Å². The number of aromatic nitrogens is 2. The van der Waals surface area contributed by atoms with E-state index in [0.29, 0.717) is 0 Å². The van der Waals surface area contributed by atoms with E-state index in [2.05, 4.69) is 4.98 Å². The van der Waals surface area contributed by atoms with Crippen LogP contribution in [0.5, 0.6) is 0 Å². The third-order valence-corrected chi connectivity index (χ3v) is 3.47. The van der Waals surface area contributed by atoms with Crippen LogP contribution in [0.4, 0.5) is 8.78 Å². The fourth-order valence-corrected chi connectivity index (χ4v) is 2.41. The van der Waals surface area contributed by atoms with Crippen LogP contribution in [0.3, 0.4) is 0 Å². The first kappa shape index (κ1) is 9.55. The van der Waals surface area contributed by atoms with Crippen LogP contribution in [0.15, 0.2) is 36.5 Å². The average Bonchev–Trinajstić information content (AvgIpc) is 2.97. The molecule has 0 atom stereocenters. The van der Waals surface area contributed by atoms with Gasteiger partial charge in [0, 0.05) is 16.7 Å². The van der Waals surface area contributed by atoms with Gasteiger partial charge in [0.1, 0.15) is 23.0 Å². The molecule has 0 bridgehead atoms. The number of benzene rings is 1. The van der Waals surface area contributed by atoms with Crippen molar-refractivity contribution in [2.75, 3.05) is 0 Å². The maximum Gasteiger partial charge on any atom is 0.181 e. The van der Waals surface area contributed by atoms with Gasteiger partial charge in [0.2, 0.25) is 0 Å². The van der Waals surface area contributed by atoms with Crippen molar-refractivity contribution in [1.82, 2.24) is 9.38 Å². The summed E-state index contributed by atoms with van der Waals surface area (Å²) in [6.07, 6.45) is -0.978. The van der Waals surface area contributed by atoms with Gasteiger partial charge in [0.05, 0.1) is 9.81 Å². The average molecular weight is 320 g/mol. The molecule has 3 aromatic rings. The van der Waals surface area contributed by atoms with Gasteiger partial charge in [-0.05, 0) is 55.6 Å². The molecule has 0 amide bonds. The first-order chi connectivity index (χ1) is 13.4. The lowest BCUT2D eigenvalue weighted by atomic mass is 10.0. The van der Waals surface area contributed by atoms with Crippen LogP contribution in [-0.2, 0) is 6.42 Å². The monoisotopic (exact) mass is 320 g/mol. The number of hydrogen-bond donors (Lipinski definition) is 0. The molecular weight excluding hydrogens is 298 g/mol. The zero-order chi connectivity index (χ0) is 21.7. The summed E-state index contributed by atoms with van der Waals surface area (Å²) < 4.78 is 75.0. The molecular formula is C18H16F2N2O. The third kappa shape index (κ3) is 2.99. The Hall–Kier alpha value is -2.56. The molecule has 1 aromatic carbocycles. The highest BCUT2D eigenvalue weighted by Gasteiger charge is 2.17. The van der Waals surface area contributed by atoms with Gasteiger partial charge in [0.25, 0.3) is 0 Å². The Morgan fingerprint density at radius 1 is 1.39 bits per heavy atom. The van der Waals surface area contributed by atoms with Crippen LogP contribution in [0.1, 0.15) is 42.0 Å². The van der Waals surface area contributed by atoms with Crippen LogP contribution < -0.4 is 0 Å². The Labute approximate surface area is 141 Å². The molecule has 0 aliphatic rings. The number of imidazole rings is 1. The van der Waals surface area contributed by atoms with Crippen LogP contribution in [0.2, 0.25) is 0 Å². The predicted octanol–water partition coefficient (Wildman–Crippen LogP) is 4.04. The molecule has 2 aromatic heterocycles. The van der Waals surface area contributed by atoms with Gasteiger partial charge in [-0.3, -0.25) is 9.20 Å². The number of fused-ring (bicyclic) bond motifs is 1. The summed E-state index contributed by atoms with van der Waals surface area (Å²) in [5.74, 6) is -1.87. The molecule has 0 N–H and O–H groups in total. The first-order valence-corrected chi connectivity index (χ1v) is 6.90. The fourth-order valence-electron chi connectivity index (χ4n) is 2.41. The highest BCUT2D eigenvalue weighted by atomic mass is 19.1. The topological polar surface area (TPSA) is 34.4 Å². The summed E-state index contributed by atoms with van der Waals surface area (Å²) in [4.78, 5) is 16.9. The summed E-state index contributed by atoms with van der Waals surface area (Å²) in [7, 11) is 0. The van der Waals surface area contributed by atoms with Crippen LogP contribution in [-0.4, -0.2) is 15.2 Å². The number of pyridine rings is 1. The van der Waals surface area contributed by atoms with Crippen molar-refractivity contribution in [3.63, 3.8) is 0 Å². The highest BCUT2D eigenvalue weighted by molar-refractivity contribution is 5.96. The summed E-state index contributed by atoms with van der Waals surface area (Å²) in [5.41, 5.74) is -0.781. The maximum absolute atomic E-state index is 13.8. The molecule has 5 heteroatoms. The van der Waals surface area contributed by atoms with E-state index in [-0.39, 0.29) is 35.4 Å². The first-order valence-electron chi connectivity index (χ1n) is 9.90. The minimum atomic E-state index is -2.83. The van der Waals surface area contributed by atoms with E-state index in [4.69, 9.17) is 8.22 Å². The Morgan fingerprint density at radius 3 is 3.00 bits per heavy atom. The minimum Gasteiger partial charge on any atom is -0.297 e. The number of carbonyl (C=O) groups is 1. The predicted molar refractivity (Wildman–Crippen MR) is 83.7 cm³/mol. The summed E-state index contributed by atoms with van der Waals surface area (Å²) in [6, 6.07) is 1.76. The van der Waals surface area contributed by atoms with Crippen LogP contribution in [0.25, 0.3) is 5.65 Å². The molecule has 2 heterocycles. The number of rotatable bonds is 4. The number of ketones is 1. The smallest absolute Gasteiger partial charge is 0.181 e. The van der Waals surface area contributed by atoms with Crippen molar-refractivity contribution >= 4 is 11.4 Å². The molecule has 0 fully saturated rings. The van der Waals surface area contributed by atoms with Gasteiger partial charge in [-0.2, -0.15) is 0 Å². The lowest BCUT2D eigenvalue weighted by Gasteiger charge is -2.05. The van der Waals surface area contributed by atoms with Gasteiger partial charge >= 0.3 is 0 Å². The summed E-state index contributed by atoms with van der Waals surface area (Å²) >= 11 is 0. The zero-order valence-corrected chi connectivity index (χ0v) is 12.2. The fraction of sp³-hybridized carbons (Fsp3) is 0.222. The molecule has 0 saturated heterocycles. The number of aryl methyl sites for hydroxylation is 2. The van der Waals surface area contributed by atoms with Gasteiger partial charge in [-0.15, -0.1) is 0 Å². The molecule has 0 saturated carbocycles. The second kappa shape index (κ2) is 5.91. The summed E-state index contributed by atoms with van der Waals surface area (Å²) in [5, 5.41) is 0. The highest BCUT2D eigenvalue weighted by Crippen LogP contribution is 2.18. The van der Waals surface area contributed by atoms with E-state index < -0.39 is 48.1 Å². The van der Waals surface area contributed by atoms with Crippen LogP contribution in [0, 0.1) is 25.4 Å². The van der Waals surface area contributed by atoms with E-state index in [9.17, 15) is 13.6 Å². The van der Waals surface area contributed by atoms with Crippen molar-refractivity contribution in [3.05, 3.63) is 70.6 Å². The van der Waals surface area contributed by atoms with Crippen molar-refractivity contribution in [2.24, 2.45) is 0 Å². The molecule has 3 nitrogen and oxygen atoms in total. The SMILES string of the molecule is [2H]c1c(C([2H])([2H])[2H])c([2H])n2c(C(=O)CCc3cc(F)ccc3F)c(C)nc2c1[2H]. The van der Waals surface area contributed by atoms with Crippen molar-refractivity contribution < 1.29 is 21.8 Å². The minimum absolute atomic E-state index is 0.00808. The quantitative estimate of drug-likeness (QED) is 0.680. The number of hydrogen-bond acceptors (Lipinski definition) is 2. The van der Waals surface area contributed by atoms with Gasteiger partial charge in [0.15, 0.2) is 5.78 Å². The standard InChI is InChI=1S/C18H16F2N2O/c1-11-3-8-17-21-12(2)18(22(17)10-11)16(23)7-4-13-9-14(19)5-6-15(13)20/h3,5-6,8-10H,4,7H2,1-2H3/i1D3,3D,8D,10D. The normalized spacial score (nSPS) is 15.4. The zero-order valence-electron chi connectivity index (χ0n) is 18.2. The van der Waals surface area contributed by atoms with Gasteiger partial charge in [-0.1, -0.05) is 6.04 Å². The number of nitrogens with zero attached hydrogens (tertiary/aromatic N) is 2. The van der Waals surface area contributed by atoms with Crippen LogP contribution >= 0.6 is 0 Å². The lowest BCUT2D eigenvalue weighted by molar-refractivity contribution is 0.0976. The second-order valence-electron chi connectivity index (χ2n) is 5.10. The molecule has 3 rings (SSSR count). The maximum atomic E-state index is 13.8. The summed E-state index contributed by atoms with van der Waals surface area (Å²) in [6.45, 7) is -1.37. The number of Topliss-reactive ketones (excluding diaryl/α,β-unsaturated/α-hetero) is 1. The van der Waals surface area contributed by atoms with E-state index in [1.165, 1.54) is 6.92 Å². The Bertz CT molecular complexity index is 1140. The Balaban J connectivity index is 2.09. The Morgan fingerprint density at radius 2 is 2.22 bits per heavy atom. The Kier molecular flexibility index (Phi) is 2.45. The van der Waals surface area contributed by atoms with Gasteiger partial charge in [-0.25, -0.2) is 13.8 Å². The molecule has 0 aliphatic heterocycles. The molecule has 0 spiro atoms. The molecule has 0 radical (unpaired) electrons. The van der Waals surface area contributed by atoms with E-state index in [0.717, 1.165) is 22.6 Å².